The predicted molar refractivity (Wildman–Crippen MR) is 109 cm³/mol. The lowest BCUT2D eigenvalue weighted by atomic mass is 9.91. The normalized spacial score (nSPS) is 15.2. The van der Waals surface area contributed by atoms with Gasteiger partial charge in [0, 0.05) is 32.5 Å². The summed E-state index contributed by atoms with van der Waals surface area (Å²) in [6.07, 6.45) is 7.05. The van der Waals surface area contributed by atoms with Crippen molar-refractivity contribution >= 4 is 28.3 Å². The monoisotopic (exact) mass is 391 g/mol. The third kappa shape index (κ3) is 3.13. The van der Waals surface area contributed by atoms with E-state index in [9.17, 15) is 4.79 Å². The molecule has 0 aliphatic carbocycles. The van der Waals surface area contributed by atoms with Crippen LogP contribution in [0.1, 0.15) is 29.9 Å². The Kier molecular flexibility index (Phi) is 4.24. The van der Waals surface area contributed by atoms with E-state index in [4.69, 9.17) is 9.72 Å². The first kappa shape index (κ1) is 17.7. The Balaban J connectivity index is 1.60. The van der Waals surface area contributed by atoms with Crippen molar-refractivity contribution in [3.63, 3.8) is 0 Å². The standard InChI is InChI=1S/C20H21N7O2/c1-12-7-17-25-22-11-27(17)10-15(12)23-20-21-9-16-19(24-20)14(8-18(28)26(16)2)13-3-5-29-6-4-13/h7-11,13H,3-6H2,1-2H3,(H,21,23,24). The molecule has 0 amide bonds. The Bertz CT molecular complexity index is 1270. The first-order valence-electron chi connectivity index (χ1n) is 9.61. The highest BCUT2D eigenvalue weighted by Crippen LogP contribution is 2.31. The van der Waals surface area contributed by atoms with Gasteiger partial charge < -0.3 is 14.6 Å². The van der Waals surface area contributed by atoms with Crippen molar-refractivity contribution in [1.29, 1.82) is 0 Å². The molecule has 1 aliphatic rings. The van der Waals surface area contributed by atoms with Gasteiger partial charge in [0.1, 0.15) is 6.33 Å². The van der Waals surface area contributed by atoms with Gasteiger partial charge >= 0.3 is 0 Å². The number of hydrogen-bond donors (Lipinski definition) is 1. The third-order valence-electron chi connectivity index (χ3n) is 5.56. The van der Waals surface area contributed by atoms with E-state index in [1.54, 1.807) is 30.2 Å². The van der Waals surface area contributed by atoms with Crippen LogP contribution in [-0.4, -0.2) is 42.3 Å². The van der Waals surface area contributed by atoms with Gasteiger partial charge in [-0.05, 0) is 42.9 Å². The largest absolute Gasteiger partial charge is 0.381 e. The van der Waals surface area contributed by atoms with Gasteiger partial charge in [0.05, 0.1) is 22.9 Å². The summed E-state index contributed by atoms with van der Waals surface area (Å²) < 4.78 is 8.93. The van der Waals surface area contributed by atoms with Crippen LogP contribution in [0, 0.1) is 6.92 Å². The SMILES string of the molecule is Cc1cc2nncn2cc1Nc1ncc2c(n1)c(C1CCOCC1)cc(=O)n2C. The van der Waals surface area contributed by atoms with Gasteiger partial charge in [0.25, 0.3) is 5.56 Å². The zero-order valence-corrected chi connectivity index (χ0v) is 16.3. The first-order valence-corrected chi connectivity index (χ1v) is 9.61. The van der Waals surface area contributed by atoms with Gasteiger partial charge in [-0.3, -0.25) is 9.20 Å². The van der Waals surface area contributed by atoms with Crippen molar-refractivity contribution in [2.24, 2.45) is 7.05 Å². The van der Waals surface area contributed by atoms with Crippen molar-refractivity contribution in [2.75, 3.05) is 18.5 Å². The molecule has 0 atom stereocenters. The van der Waals surface area contributed by atoms with E-state index < -0.39 is 0 Å². The van der Waals surface area contributed by atoms with Crippen LogP contribution >= 0.6 is 0 Å². The Morgan fingerprint density at radius 1 is 1.24 bits per heavy atom. The van der Waals surface area contributed by atoms with Crippen molar-refractivity contribution < 1.29 is 4.74 Å². The predicted octanol–water partition coefficient (Wildman–Crippen LogP) is 2.32. The molecule has 5 heterocycles. The molecule has 1 aliphatic heterocycles. The van der Waals surface area contributed by atoms with E-state index in [1.807, 2.05) is 23.6 Å². The summed E-state index contributed by atoms with van der Waals surface area (Å²) in [5.74, 6) is 0.748. The molecule has 9 heteroatoms. The average molecular weight is 391 g/mol. The number of pyridine rings is 2. The molecular formula is C20H21N7O2. The molecule has 5 rings (SSSR count). The van der Waals surface area contributed by atoms with Crippen molar-refractivity contribution in [1.82, 2.24) is 29.1 Å². The lowest BCUT2D eigenvalue weighted by molar-refractivity contribution is 0.0855. The minimum absolute atomic E-state index is 0.0443. The highest BCUT2D eigenvalue weighted by atomic mass is 16.5. The highest BCUT2D eigenvalue weighted by molar-refractivity contribution is 5.80. The molecule has 0 spiro atoms. The minimum atomic E-state index is -0.0443. The maximum absolute atomic E-state index is 12.5. The topological polar surface area (TPSA) is 99.2 Å². The number of fused-ring (bicyclic) bond motifs is 2. The summed E-state index contributed by atoms with van der Waals surface area (Å²) in [5.41, 5.74) is 5.13. The van der Waals surface area contributed by atoms with Crippen LogP contribution in [0.15, 0.2) is 35.6 Å². The molecule has 0 unspecified atom stereocenters. The van der Waals surface area contributed by atoms with Crippen LogP contribution in [0.2, 0.25) is 0 Å². The summed E-state index contributed by atoms with van der Waals surface area (Å²) in [6.45, 7) is 3.40. The van der Waals surface area contributed by atoms with Crippen LogP contribution in [0.25, 0.3) is 16.7 Å². The first-order chi connectivity index (χ1) is 14.1. The number of aryl methyl sites for hydroxylation is 2. The number of rotatable bonds is 3. The van der Waals surface area contributed by atoms with E-state index in [0.717, 1.165) is 46.3 Å². The molecule has 0 bridgehead atoms. The number of aromatic nitrogens is 6. The number of nitrogens with one attached hydrogen (secondary N) is 1. The molecule has 1 saturated heterocycles. The van der Waals surface area contributed by atoms with Gasteiger partial charge in [-0.2, -0.15) is 0 Å². The molecule has 0 aromatic carbocycles. The number of anilines is 2. The molecule has 9 nitrogen and oxygen atoms in total. The Morgan fingerprint density at radius 3 is 2.90 bits per heavy atom. The van der Waals surface area contributed by atoms with E-state index in [2.05, 4.69) is 20.5 Å². The second-order valence-electron chi connectivity index (χ2n) is 7.40. The Labute approximate surface area is 166 Å². The quantitative estimate of drug-likeness (QED) is 0.572. The fraction of sp³-hybridized carbons (Fsp3) is 0.350. The maximum atomic E-state index is 12.5. The average Bonchev–Trinajstić information content (AvgIpc) is 3.18. The van der Waals surface area contributed by atoms with Gasteiger partial charge in [0.15, 0.2) is 5.65 Å². The lowest BCUT2D eigenvalue weighted by Crippen LogP contribution is -2.22. The zero-order valence-electron chi connectivity index (χ0n) is 16.3. The lowest BCUT2D eigenvalue weighted by Gasteiger charge is -2.23. The van der Waals surface area contributed by atoms with Crippen LogP contribution in [0.5, 0.6) is 0 Å². The number of ether oxygens (including phenoxy) is 1. The van der Waals surface area contributed by atoms with Gasteiger partial charge in [-0.1, -0.05) is 0 Å². The van der Waals surface area contributed by atoms with Crippen LogP contribution < -0.4 is 10.9 Å². The fourth-order valence-electron chi connectivity index (χ4n) is 3.85. The molecule has 0 saturated carbocycles. The van der Waals surface area contributed by atoms with E-state index in [1.165, 1.54) is 0 Å². The summed E-state index contributed by atoms with van der Waals surface area (Å²) in [6, 6.07) is 3.66. The molecule has 4 aromatic rings. The number of nitrogens with zero attached hydrogens (tertiary/aromatic N) is 6. The van der Waals surface area contributed by atoms with Crippen LogP contribution in [0.3, 0.4) is 0 Å². The Morgan fingerprint density at radius 2 is 2.07 bits per heavy atom. The smallest absolute Gasteiger partial charge is 0.251 e. The summed E-state index contributed by atoms with van der Waals surface area (Å²) in [4.78, 5) is 21.7. The van der Waals surface area contributed by atoms with Gasteiger partial charge in [0.2, 0.25) is 5.95 Å². The third-order valence-corrected chi connectivity index (χ3v) is 5.56. The zero-order chi connectivity index (χ0) is 20.0. The van der Waals surface area contributed by atoms with Crippen LogP contribution in [-0.2, 0) is 11.8 Å². The second-order valence-corrected chi connectivity index (χ2v) is 7.40. The van der Waals surface area contributed by atoms with Crippen molar-refractivity contribution in [3.8, 4) is 0 Å². The van der Waals surface area contributed by atoms with Gasteiger partial charge in [-0.25, -0.2) is 9.97 Å². The van der Waals surface area contributed by atoms with E-state index in [0.29, 0.717) is 19.2 Å². The summed E-state index contributed by atoms with van der Waals surface area (Å²) in [7, 11) is 1.75. The highest BCUT2D eigenvalue weighted by Gasteiger charge is 2.21. The molecule has 4 aromatic heterocycles. The molecule has 1 fully saturated rings. The Hall–Kier alpha value is -3.33. The maximum Gasteiger partial charge on any atom is 0.251 e. The summed E-state index contributed by atoms with van der Waals surface area (Å²) >= 11 is 0. The molecule has 0 radical (unpaired) electrons. The molecule has 1 N–H and O–H groups in total. The molecular weight excluding hydrogens is 370 g/mol. The second kappa shape index (κ2) is 6.93. The van der Waals surface area contributed by atoms with Crippen molar-refractivity contribution in [3.05, 3.63) is 52.3 Å². The van der Waals surface area contributed by atoms with E-state index >= 15 is 0 Å². The van der Waals surface area contributed by atoms with Crippen LogP contribution in [0.4, 0.5) is 11.6 Å². The minimum Gasteiger partial charge on any atom is -0.381 e. The number of hydrogen-bond acceptors (Lipinski definition) is 7. The fourth-order valence-corrected chi connectivity index (χ4v) is 3.85. The molecule has 29 heavy (non-hydrogen) atoms. The van der Waals surface area contributed by atoms with Gasteiger partial charge in [-0.15, -0.1) is 10.2 Å². The van der Waals surface area contributed by atoms with Crippen molar-refractivity contribution in [2.45, 2.75) is 25.7 Å². The summed E-state index contributed by atoms with van der Waals surface area (Å²) in [5, 5.41) is 11.3. The molecule has 148 valence electrons. The van der Waals surface area contributed by atoms with E-state index in [-0.39, 0.29) is 11.5 Å².